The van der Waals surface area contributed by atoms with Crippen molar-refractivity contribution >= 4 is 5.69 Å². The Kier molecular flexibility index (Phi) is 2.05. The molecule has 0 radical (unpaired) electrons. The van der Waals surface area contributed by atoms with E-state index in [-0.39, 0.29) is 5.82 Å². The fourth-order valence-electron chi connectivity index (χ4n) is 0.664. The Morgan fingerprint density at radius 2 is 1.90 bits per heavy atom. The fraction of sp³-hybridized carbons (Fsp3) is 0. The van der Waals surface area contributed by atoms with E-state index in [1.165, 1.54) is 12.1 Å². The lowest BCUT2D eigenvalue weighted by Crippen LogP contribution is -1.84. The zero-order valence-corrected chi connectivity index (χ0v) is 5.47. The number of hydrogen-bond acceptors (Lipinski definition) is 1. The highest BCUT2D eigenvalue weighted by molar-refractivity contribution is 5.44. The maximum absolute atomic E-state index is 12.3. The smallest absolute Gasteiger partial charge is 0.123 e. The average molecular weight is 137 g/mol. The molecule has 0 atom stereocenters. The Morgan fingerprint density at radius 1 is 1.30 bits per heavy atom. The van der Waals surface area contributed by atoms with Crippen molar-refractivity contribution in [1.29, 1.82) is 0 Å². The molecule has 0 bridgehead atoms. The topological polar surface area (TPSA) is 12.0 Å². The maximum atomic E-state index is 12.3. The second-order valence-electron chi connectivity index (χ2n) is 1.86. The van der Waals surface area contributed by atoms with Crippen LogP contribution in [0, 0.1) is 5.82 Å². The van der Waals surface area contributed by atoms with Gasteiger partial charge in [-0.05, 0) is 30.5 Å². The summed E-state index contributed by atoms with van der Waals surface area (Å²) < 4.78 is 12.3. The molecular formula is C8H8FN. The van der Waals surface area contributed by atoms with Gasteiger partial charge in [0.2, 0.25) is 0 Å². The van der Waals surface area contributed by atoms with Crippen LogP contribution in [0.1, 0.15) is 0 Å². The first kappa shape index (κ1) is 6.81. The minimum absolute atomic E-state index is 0.227. The van der Waals surface area contributed by atoms with E-state index in [2.05, 4.69) is 11.9 Å². The normalized spacial score (nSPS) is 8.90. The molecule has 0 aliphatic heterocycles. The summed E-state index contributed by atoms with van der Waals surface area (Å²) in [5.41, 5.74) is 0.844. The van der Waals surface area contributed by atoms with Gasteiger partial charge in [-0.2, -0.15) is 0 Å². The summed E-state index contributed by atoms with van der Waals surface area (Å²) >= 11 is 0. The van der Waals surface area contributed by atoms with Gasteiger partial charge in [-0.3, -0.25) is 0 Å². The van der Waals surface area contributed by atoms with Gasteiger partial charge < -0.3 is 5.32 Å². The molecular weight excluding hydrogens is 129 g/mol. The van der Waals surface area contributed by atoms with Crippen molar-refractivity contribution in [2.75, 3.05) is 5.32 Å². The van der Waals surface area contributed by atoms with Crippen molar-refractivity contribution in [2.24, 2.45) is 0 Å². The van der Waals surface area contributed by atoms with Crippen LogP contribution in [0.25, 0.3) is 0 Å². The molecule has 0 heterocycles. The molecule has 0 fully saturated rings. The standard InChI is InChI=1S/C8H8FN/c1-2-10-8-5-3-7(9)4-6-8/h2-6,10H,1H2. The second kappa shape index (κ2) is 3.01. The SMILES string of the molecule is C=CNc1ccc(F)cc1. The molecule has 0 saturated carbocycles. The van der Waals surface area contributed by atoms with Crippen molar-refractivity contribution in [1.82, 2.24) is 0 Å². The molecule has 1 aromatic carbocycles. The Bertz CT molecular complexity index is 215. The van der Waals surface area contributed by atoms with Crippen LogP contribution >= 0.6 is 0 Å². The van der Waals surface area contributed by atoms with Crippen LogP contribution in [0.4, 0.5) is 10.1 Å². The van der Waals surface area contributed by atoms with Gasteiger partial charge in [0.1, 0.15) is 5.82 Å². The molecule has 10 heavy (non-hydrogen) atoms. The molecule has 2 heteroatoms. The molecule has 0 aliphatic rings. The minimum Gasteiger partial charge on any atom is -0.362 e. The van der Waals surface area contributed by atoms with Gasteiger partial charge in [0.15, 0.2) is 0 Å². The average Bonchev–Trinajstić information content (AvgIpc) is 1.95. The highest BCUT2D eigenvalue weighted by Crippen LogP contribution is 2.07. The first-order valence-electron chi connectivity index (χ1n) is 2.96. The lowest BCUT2D eigenvalue weighted by molar-refractivity contribution is 0.628. The van der Waals surface area contributed by atoms with E-state index >= 15 is 0 Å². The van der Waals surface area contributed by atoms with Crippen LogP contribution in [0.3, 0.4) is 0 Å². The Morgan fingerprint density at radius 3 is 2.40 bits per heavy atom. The Balaban J connectivity index is 2.78. The van der Waals surface area contributed by atoms with Crippen LogP contribution in [-0.4, -0.2) is 0 Å². The lowest BCUT2D eigenvalue weighted by Gasteiger charge is -1.97. The van der Waals surface area contributed by atoms with Crippen molar-refractivity contribution in [2.45, 2.75) is 0 Å². The molecule has 0 saturated heterocycles. The highest BCUT2D eigenvalue weighted by Gasteiger charge is 1.87. The number of rotatable bonds is 2. The largest absolute Gasteiger partial charge is 0.362 e. The molecule has 52 valence electrons. The third-order valence-corrected chi connectivity index (χ3v) is 1.11. The Hall–Kier alpha value is -1.31. The summed E-state index contributed by atoms with van der Waals surface area (Å²) in [6.45, 7) is 3.47. The molecule has 1 nitrogen and oxygen atoms in total. The van der Waals surface area contributed by atoms with E-state index in [0.29, 0.717) is 0 Å². The minimum atomic E-state index is -0.227. The van der Waals surface area contributed by atoms with E-state index in [1.54, 1.807) is 18.3 Å². The van der Waals surface area contributed by atoms with Gasteiger partial charge in [0.05, 0.1) is 0 Å². The molecule has 0 aliphatic carbocycles. The molecule has 1 N–H and O–H groups in total. The highest BCUT2D eigenvalue weighted by atomic mass is 19.1. The van der Waals surface area contributed by atoms with Gasteiger partial charge in [0.25, 0.3) is 0 Å². The maximum Gasteiger partial charge on any atom is 0.123 e. The van der Waals surface area contributed by atoms with Crippen molar-refractivity contribution in [3.63, 3.8) is 0 Å². The predicted octanol–water partition coefficient (Wildman–Crippen LogP) is 2.38. The van der Waals surface area contributed by atoms with E-state index in [9.17, 15) is 4.39 Å². The van der Waals surface area contributed by atoms with Gasteiger partial charge >= 0.3 is 0 Å². The van der Waals surface area contributed by atoms with E-state index in [1.807, 2.05) is 0 Å². The second-order valence-corrected chi connectivity index (χ2v) is 1.86. The van der Waals surface area contributed by atoms with Gasteiger partial charge in [0, 0.05) is 5.69 Å². The third kappa shape index (κ3) is 1.58. The summed E-state index contributed by atoms with van der Waals surface area (Å²) in [6, 6.07) is 6.09. The van der Waals surface area contributed by atoms with E-state index < -0.39 is 0 Å². The van der Waals surface area contributed by atoms with Crippen molar-refractivity contribution < 1.29 is 4.39 Å². The molecule has 0 amide bonds. The first-order valence-corrected chi connectivity index (χ1v) is 2.96. The van der Waals surface area contributed by atoms with Crippen LogP contribution < -0.4 is 5.32 Å². The van der Waals surface area contributed by atoms with Gasteiger partial charge in [-0.25, -0.2) is 4.39 Å². The number of benzene rings is 1. The predicted molar refractivity (Wildman–Crippen MR) is 40.2 cm³/mol. The summed E-state index contributed by atoms with van der Waals surface area (Å²) in [5.74, 6) is -0.227. The lowest BCUT2D eigenvalue weighted by atomic mass is 10.3. The summed E-state index contributed by atoms with van der Waals surface area (Å²) in [7, 11) is 0. The number of hydrogen-bond donors (Lipinski definition) is 1. The quantitative estimate of drug-likeness (QED) is 0.659. The zero-order chi connectivity index (χ0) is 7.40. The monoisotopic (exact) mass is 137 g/mol. The number of anilines is 1. The summed E-state index contributed by atoms with van der Waals surface area (Å²) in [6.07, 6.45) is 1.55. The molecule has 1 rings (SSSR count). The van der Waals surface area contributed by atoms with Crippen molar-refractivity contribution in [3.05, 3.63) is 42.9 Å². The molecule has 0 aromatic heterocycles. The molecule has 1 aromatic rings. The van der Waals surface area contributed by atoms with Gasteiger partial charge in [-0.1, -0.05) is 6.58 Å². The van der Waals surface area contributed by atoms with E-state index in [0.717, 1.165) is 5.69 Å². The third-order valence-electron chi connectivity index (χ3n) is 1.11. The van der Waals surface area contributed by atoms with Crippen LogP contribution in [0.5, 0.6) is 0 Å². The van der Waals surface area contributed by atoms with E-state index in [4.69, 9.17) is 0 Å². The Labute approximate surface area is 59.2 Å². The molecule has 0 spiro atoms. The van der Waals surface area contributed by atoms with Crippen molar-refractivity contribution in [3.8, 4) is 0 Å². The zero-order valence-electron chi connectivity index (χ0n) is 5.47. The van der Waals surface area contributed by atoms with Crippen LogP contribution in [-0.2, 0) is 0 Å². The summed E-state index contributed by atoms with van der Waals surface area (Å²) in [4.78, 5) is 0. The molecule has 0 unspecified atom stereocenters. The van der Waals surface area contributed by atoms with Crippen LogP contribution in [0.2, 0.25) is 0 Å². The number of halogens is 1. The first-order chi connectivity index (χ1) is 4.83. The summed E-state index contributed by atoms with van der Waals surface area (Å²) in [5, 5.41) is 2.83. The number of nitrogens with one attached hydrogen (secondary N) is 1. The fourth-order valence-corrected chi connectivity index (χ4v) is 0.664. The van der Waals surface area contributed by atoms with Crippen LogP contribution in [0.15, 0.2) is 37.0 Å². The van der Waals surface area contributed by atoms with Gasteiger partial charge in [-0.15, -0.1) is 0 Å².